The molecule has 0 amide bonds. The van der Waals surface area contributed by atoms with E-state index in [4.69, 9.17) is 14.2 Å². The van der Waals surface area contributed by atoms with E-state index in [0.717, 1.165) is 26.9 Å². The Kier molecular flexibility index (Phi) is 4.89. The summed E-state index contributed by atoms with van der Waals surface area (Å²) in [6, 6.07) is 21.0. The number of Topliss-reactive ketones (excluding diaryl/α,β-unsaturated/α-hetero) is 1. The first-order valence-corrected chi connectivity index (χ1v) is 10.3. The largest absolute Gasteiger partial charge is 0.489 e. The van der Waals surface area contributed by atoms with Crippen molar-refractivity contribution in [1.82, 2.24) is 0 Å². The lowest BCUT2D eigenvalue weighted by molar-refractivity contribution is 0.101. The highest BCUT2D eigenvalue weighted by atomic mass is 79.9. The van der Waals surface area contributed by atoms with E-state index in [1.54, 1.807) is 24.3 Å². The molecule has 148 valence electrons. The summed E-state index contributed by atoms with van der Waals surface area (Å²) in [7, 11) is 0. The maximum atomic E-state index is 12.7. The van der Waals surface area contributed by atoms with Gasteiger partial charge in [0.05, 0.1) is 5.56 Å². The summed E-state index contributed by atoms with van der Waals surface area (Å²) in [6.07, 6.45) is 3.76. The van der Waals surface area contributed by atoms with Gasteiger partial charge in [-0.1, -0.05) is 46.3 Å². The van der Waals surface area contributed by atoms with Crippen molar-refractivity contribution in [3.05, 3.63) is 105 Å². The van der Waals surface area contributed by atoms with Crippen LogP contribution in [0, 0.1) is 0 Å². The highest BCUT2D eigenvalue weighted by Crippen LogP contribution is 2.35. The molecular weight excluding hydrogens is 444 g/mol. The number of ether oxygens (including phenoxy) is 3. The third kappa shape index (κ3) is 3.76. The van der Waals surface area contributed by atoms with Crippen molar-refractivity contribution in [3.63, 3.8) is 0 Å². The van der Waals surface area contributed by atoms with Crippen LogP contribution in [0.3, 0.4) is 0 Å². The molecule has 0 radical (unpaired) electrons. The van der Waals surface area contributed by atoms with Gasteiger partial charge in [0.15, 0.2) is 5.76 Å². The van der Waals surface area contributed by atoms with E-state index >= 15 is 0 Å². The molecule has 0 N–H and O–H groups in total. The van der Waals surface area contributed by atoms with Gasteiger partial charge in [-0.2, -0.15) is 0 Å². The number of hydrogen-bond acceptors (Lipinski definition) is 4. The van der Waals surface area contributed by atoms with Crippen molar-refractivity contribution in [2.45, 2.75) is 6.61 Å². The molecule has 0 aliphatic carbocycles. The minimum absolute atomic E-state index is 0.135. The Morgan fingerprint density at radius 1 is 1.00 bits per heavy atom. The second-order valence-corrected chi connectivity index (χ2v) is 7.97. The number of halogens is 1. The molecule has 0 spiro atoms. The summed E-state index contributed by atoms with van der Waals surface area (Å²) < 4.78 is 18.5. The highest BCUT2D eigenvalue weighted by Gasteiger charge is 2.28. The molecule has 4 nitrogen and oxygen atoms in total. The molecule has 2 heterocycles. The maximum Gasteiger partial charge on any atom is 0.231 e. The summed E-state index contributed by atoms with van der Waals surface area (Å²) in [4.78, 5) is 12.7. The fraction of sp³-hybridized carbons (Fsp3) is 0.0800. The molecule has 30 heavy (non-hydrogen) atoms. The topological polar surface area (TPSA) is 44.8 Å². The molecule has 5 heteroatoms. The zero-order valence-corrected chi connectivity index (χ0v) is 17.5. The summed E-state index contributed by atoms with van der Waals surface area (Å²) in [5.41, 5.74) is 3.47. The molecule has 0 aromatic heterocycles. The van der Waals surface area contributed by atoms with Crippen molar-refractivity contribution in [2.24, 2.45) is 0 Å². The Morgan fingerprint density at radius 2 is 1.83 bits per heavy atom. The highest BCUT2D eigenvalue weighted by molar-refractivity contribution is 9.10. The molecule has 0 atom stereocenters. The minimum Gasteiger partial charge on any atom is -0.489 e. The van der Waals surface area contributed by atoms with E-state index in [-0.39, 0.29) is 5.78 Å². The Bertz CT molecular complexity index is 1190. The summed E-state index contributed by atoms with van der Waals surface area (Å²) in [5.74, 6) is 2.17. The van der Waals surface area contributed by atoms with Gasteiger partial charge in [-0.3, -0.25) is 4.79 Å². The molecule has 0 saturated carbocycles. The predicted octanol–water partition coefficient (Wildman–Crippen LogP) is 5.96. The van der Waals surface area contributed by atoms with E-state index in [2.05, 4.69) is 15.9 Å². The van der Waals surface area contributed by atoms with Gasteiger partial charge >= 0.3 is 0 Å². The molecule has 3 aromatic carbocycles. The van der Waals surface area contributed by atoms with Crippen LogP contribution in [0.4, 0.5) is 0 Å². The Balaban J connectivity index is 1.33. The number of allylic oxidation sites excluding steroid dienone is 1. The van der Waals surface area contributed by atoms with Gasteiger partial charge in [0.2, 0.25) is 5.78 Å². The fourth-order valence-corrected chi connectivity index (χ4v) is 3.65. The van der Waals surface area contributed by atoms with Gasteiger partial charge in [-0.05, 0) is 53.6 Å². The van der Waals surface area contributed by atoms with Crippen LogP contribution in [0.25, 0.3) is 6.08 Å². The standard InChI is InChI=1S/C25H17BrO4/c26-19-7-5-16(6-8-19)14-28-20-9-10-21-23(13-20)30-24(25(21)27)12-17-11-18-3-1-2-4-22(18)29-15-17/h1-13H,14-15H2. The zero-order chi connectivity index (χ0) is 20.5. The van der Waals surface area contributed by atoms with Crippen LogP contribution >= 0.6 is 15.9 Å². The number of hydrogen-bond donors (Lipinski definition) is 0. The molecule has 5 rings (SSSR count). The molecule has 0 saturated heterocycles. The number of ketones is 1. The lowest BCUT2D eigenvalue weighted by atomic mass is 10.1. The van der Waals surface area contributed by atoms with Crippen LogP contribution in [-0.2, 0) is 6.61 Å². The minimum atomic E-state index is -0.135. The second-order valence-electron chi connectivity index (χ2n) is 7.06. The molecular formula is C25H17BrO4. The van der Waals surface area contributed by atoms with Gasteiger partial charge in [0.1, 0.15) is 30.5 Å². The van der Waals surface area contributed by atoms with Gasteiger partial charge in [-0.25, -0.2) is 0 Å². The number of rotatable bonds is 4. The summed E-state index contributed by atoms with van der Waals surface area (Å²) >= 11 is 3.42. The number of carbonyl (C=O) groups is 1. The molecule has 0 unspecified atom stereocenters. The van der Waals surface area contributed by atoms with Gasteiger partial charge in [-0.15, -0.1) is 0 Å². The van der Waals surface area contributed by atoms with Crippen molar-refractivity contribution in [1.29, 1.82) is 0 Å². The molecule has 0 bridgehead atoms. The van der Waals surface area contributed by atoms with Gasteiger partial charge < -0.3 is 14.2 Å². The smallest absolute Gasteiger partial charge is 0.231 e. The lowest BCUT2D eigenvalue weighted by Gasteiger charge is -2.15. The molecule has 3 aromatic rings. The van der Waals surface area contributed by atoms with Crippen molar-refractivity contribution in [3.8, 4) is 17.2 Å². The second kappa shape index (κ2) is 7.84. The molecule has 0 fully saturated rings. The Hall–Kier alpha value is -3.31. The SMILES string of the molecule is O=C1C(=CC2=Cc3ccccc3OC2)Oc2cc(OCc3ccc(Br)cc3)ccc21. The first-order chi connectivity index (χ1) is 14.7. The van der Waals surface area contributed by atoms with Crippen LogP contribution in [0.1, 0.15) is 21.5 Å². The van der Waals surface area contributed by atoms with Crippen LogP contribution in [0.15, 0.2) is 88.6 Å². The van der Waals surface area contributed by atoms with E-state index in [1.165, 1.54) is 0 Å². The molecule has 2 aliphatic heterocycles. The third-order valence-corrected chi connectivity index (χ3v) is 5.46. The normalized spacial score (nSPS) is 15.7. The monoisotopic (exact) mass is 460 g/mol. The summed E-state index contributed by atoms with van der Waals surface area (Å²) in [6.45, 7) is 0.835. The maximum absolute atomic E-state index is 12.7. The van der Waals surface area contributed by atoms with Crippen molar-refractivity contribution < 1.29 is 19.0 Å². The van der Waals surface area contributed by atoms with E-state index in [0.29, 0.717) is 36.0 Å². The van der Waals surface area contributed by atoms with Gasteiger partial charge in [0, 0.05) is 16.1 Å². The van der Waals surface area contributed by atoms with E-state index < -0.39 is 0 Å². The zero-order valence-electron chi connectivity index (χ0n) is 15.9. The average molecular weight is 461 g/mol. The number of para-hydroxylation sites is 1. The van der Waals surface area contributed by atoms with E-state index in [1.807, 2.05) is 54.6 Å². The van der Waals surface area contributed by atoms with Crippen LogP contribution in [-0.4, -0.2) is 12.4 Å². The lowest BCUT2D eigenvalue weighted by Crippen LogP contribution is -2.08. The average Bonchev–Trinajstić information content (AvgIpc) is 3.08. The number of fused-ring (bicyclic) bond motifs is 2. The van der Waals surface area contributed by atoms with Crippen LogP contribution in [0.2, 0.25) is 0 Å². The van der Waals surface area contributed by atoms with Crippen molar-refractivity contribution in [2.75, 3.05) is 6.61 Å². The first kappa shape index (κ1) is 18.7. The Labute approximate surface area is 182 Å². The quantitative estimate of drug-likeness (QED) is 0.450. The first-order valence-electron chi connectivity index (χ1n) is 9.54. The predicted molar refractivity (Wildman–Crippen MR) is 118 cm³/mol. The van der Waals surface area contributed by atoms with E-state index in [9.17, 15) is 4.79 Å². The van der Waals surface area contributed by atoms with Crippen LogP contribution < -0.4 is 14.2 Å². The summed E-state index contributed by atoms with van der Waals surface area (Å²) in [5, 5.41) is 0. The fourth-order valence-electron chi connectivity index (χ4n) is 3.39. The third-order valence-electron chi connectivity index (χ3n) is 4.93. The van der Waals surface area contributed by atoms with Crippen molar-refractivity contribution >= 4 is 27.8 Å². The number of carbonyl (C=O) groups excluding carboxylic acids is 1. The van der Waals surface area contributed by atoms with Gasteiger partial charge in [0.25, 0.3) is 0 Å². The number of benzene rings is 3. The van der Waals surface area contributed by atoms with Crippen LogP contribution in [0.5, 0.6) is 17.2 Å². The Morgan fingerprint density at radius 3 is 2.70 bits per heavy atom. The molecule has 2 aliphatic rings.